The highest BCUT2D eigenvalue weighted by atomic mass is 19.3. The molecule has 1 rings (SSSR count). The lowest BCUT2D eigenvalue weighted by molar-refractivity contribution is -0.131. The van der Waals surface area contributed by atoms with Crippen LogP contribution < -0.4 is 11.1 Å². The number of carbonyl (C=O) groups excluding carboxylic acids is 1. The molecule has 0 unspecified atom stereocenters. The minimum Gasteiger partial charge on any atom is -0.350 e. The molecule has 5 heteroatoms. The number of hydrogen-bond donors (Lipinski definition) is 2. The lowest BCUT2D eigenvalue weighted by Crippen LogP contribution is -2.45. The first-order valence-corrected chi connectivity index (χ1v) is 4.87. The van der Waals surface area contributed by atoms with E-state index >= 15 is 0 Å². The van der Waals surface area contributed by atoms with E-state index in [1.54, 1.807) is 0 Å². The Balaban J connectivity index is 2.48. The Hall–Kier alpha value is -0.710. The van der Waals surface area contributed by atoms with Gasteiger partial charge in [-0.25, -0.2) is 8.78 Å². The van der Waals surface area contributed by atoms with Crippen molar-refractivity contribution in [2.24, 2.45) is 11.1 Å². The second-order valence-electron chi connectivity index (χ2n) is 3.79. The lowest BCUT2D eigenvalue weighted by Gasteiger charge is -2.25. The van der Waals surface area contributed by atoms with E-state index in [9.17, 15) is 13.6 Å². The van der Waals surface area contributed by atoms with E-state index in [4.69, 9.17) is 5.73 Å². The first-order chi connectivity index (χ1) is 6.60. The SMILES string of the molecule is NCC1(C(=O)NCC(F)F)CCCC1. The van der Waals surface area contributed by atoms with E-state index in [2.05, 4.69) is 5.32 Å². The maximum Gasteiger partial charge on any atom is 0.255 e. The fraction of sp³-hybridized carbons (Fsp3) is 0.889. The number of carbonyl (C=O) groups is 1. The summed E-state index contributed by atoms with van der Waals surface area (Å²) in [6, 6.07) is 0. The summed E-state index contributed by atoms with van der Waals surface area (Å²) in [6.07, 6.45) is 0.866. The second kappa shape index (κ2) is 4.68. The molecule has 0 bridgehead atoms. The normalized spacial score (nSPS) is 20.0. The van der Waals surface area contributed by atoms with Gasteiger partial charge in [-0.05, 0) is 12.8 Å². The van der Waals surface area contributed by atoms with Crippen LogP contribution in [0.15, 0.2) is 0 Å². The van der Waals surface area contributed by atoms with Crippen LogP contribution in [0.5, 0.6) is 0 Å². The molecule has 0 radical (unpaired) electrons. The van der Waals surface area contributed by atoms with Gasteiger partial charge in [0.25, 0.3) is 6.43 Å². The zero-order valence-electron chi connectivity index (χ0n) is 8.06. The molecule has 0 saturated heterocycles. The van der Waals surface area contributed by atoms with Crippen molar-refractivity contribution in [2.45, 2.75) is 32.1 Å². The molecule has 1 fully saturated rings. The van der Waals surface area contributed by atoms with Crippen LogP contribution in [0.25, 0.3) is 0 Å². The topological polar surface area (TPSA) is 55.1 Å². The molecule has 1 aliphatic rings. The van der Waals surface area contributed by atoms with Crippen LogP contribution in [0.1, 0.15) is 25.7 Å². The molecular weight excluding hydrogens is 190 g/mol. The van der Waals surface area contributed by atoms with E-state index in [0.29, 0.717) is 0 Å². The molecular formula is C9H16F2N2O. The van der Waals surface area contributed by atoms with Crippen LogP contribution >= 0.6 is 0 Å². The number of rotatable bonds is 4. The van der Waals surface area contributed by atoms with Crippen molar-refractivity contribution in [3.63, 3.8) is 0 Å². The van der Waals surface area contributed by atoms with Gasteiger partial charge in [0, 0.05) is 6.54 Å². The van der Waals surface area contributed by atoms with Crippen molar-refractivity contribution in [1.82, 2.24) is 5.32 Å². The van der Waals surface area contributed by atoms with Crippen molar-refractivity contribution in [2.75, 3.05) is 13.1 Å². The van der Waals surface area contributed by atoms with E-state index in [-0.39, 0.29) is 12.5 Å². The molecule has 1 aliphatic carbocycles. The number of alkyl halides is 2. The summed E-state index contributed by atoms with van der Waals surface area (Å²) < 4.78 is 23.7. The van der Waals surface area contributed by atoms with E-state index < -0.39 is 18.4 Å². The molecule has 0 heterocycles. The van der Waals surface area contributed by atoms with Crippen LogP contribution in [0, 0.1) is 5.41 Å². The molecule has 0 atom stereocenters. The largest absolute Gasteiger partial charge is 0.350 e. The van der Waals surface area contributed by atoms with Crippen molar-refractivity contribution >= 4 is 5.91 Å². The number of hydrogen-bond acceptors (Lipinski definition) is 2. The molecule has 3 N–H and O–H groups in total. The number of halogens is 2. The first kappa shape index (κ1) is 11.4. The van der Waals surface area contributed by atoms with Gasteiger partial charge in [0.05, 0.1) is 12.0 Å². The molecule has 0 aromatic heterocycles. The standard InChI is InChI=1S/C9H16F2N2O/c10-7(11)5-13-8(14)9(6-12)3-1-2-4-9/h7H,1-6,12H2,(H,13,14). The molecule has 82 valence electrons. The van der Waals surface area contributed by atoms with Gasteiger partial charge in [0.1, 0.15) is 0 Å². The summed E-state index contributed by atoms with van der Waals surface area (Å²) in [4.78, 5) is 11.6. The third-order valence-corrected chi connectivity index (χ3v) is 2.85. The van der Waals surface area contributed by atoms with Crippen molar-refractivity contribution in [1.29, 1.82) is 0 Å². The Morgan fingerprint density at radius 1 is 1.43 bits per heavy atom. The minimum absolute atomic E-state index is 0.252. The van der Waals surface area contributed by atoms with Crippen molar-refractivity contribution < 1.29 is 13.6 Å². The summed E-state index contributed by atoms with van der Waals surface area (Å²) in [5.74, 6) is -0.308. The Labute approximate surface area is 82.0 Å². The summed E-state index contributed by atoms with van der Waals surface area (Å²) in [6.45, 7) is -0.317. The Kier molecular flexibility index (Phi) is 3.80. The van der Waals surface area contributed by atoms with Crippen molar-refractivity contribution in [3.05, 3.63) is 0 Å². The van der Waals surface area contributed by atoms with Gasteiger partial charge in [-0.1, -0.05) is 12.8 Å². The van der Waals surface area contributed by atoms with Gasteiger partial charge in [-0.2, -0.15) is 0 Å². The molecule has 0 spiro atoms. The van der Waals surface area contributed by atoms with Crippen molar-refractivity contribution in [3.8, 4) is 0 Å². The van der Waals surface area contributed by atoms with Gasteiger partial charge in [0.15, 0.2) is 0 Å². The Morgan fingerprint density at radius 2 is 2.00 bits per heavy atom. The highest BCUT2D eigenvalue weighted by Gasteiger charge is 2.39. The van der Waals surface area contributed by atoms with Crippen LogP contribution in [-0.2, 0) is 4.79 Å². The zero-order chi connectivity index (χ0) is 10.6. The highest BCUT2D eigenvalue weighted by Crippen LogP contribution is 2.37. The van der Waals surface area contributed by atoms with Gasteiger partial charge < -0.3 is 11.1 Å². The molecule has 14 heavy (non-hydrogen) atoms. The quantitative estimate of drug-likeness (QED) is 0.717. The maximum atomic E-state index is 11.9. The first-order valence-electron chi connectivity index (χ1n) is 4.87. The molecule has 1 saturated carbocycles. The fourth-order valence-electron chi connectivity index (χ4n) is 1.93. The Morgan fingerprint density at radius 3 is 2.43 bits per heavy atom. The van der Waals surface area contributed by atoms with E-state index in [0.717, 1.165) is 25.7 Å². The van der Waals surface area contributed by atoms with Crippen LogP contribution in [0.4, 0.5) is 8.78 Å². The van der Waals surface area contributed by atoms with E-state index in [1.807, 2.05) is 0 Å². The molecule has 0 aromatic rings. The van der Waals surface area contributed by atoms with Gasteiger partial charge >= 0.3 is 0 Å². The summed E-state index contributed by atoms with van der Waals surface area (Å²) in [5, 5.41) is 2.25. The zero-order valence-corrected chi connectivity index (χ0v) is 8.06. The third-order valence-electron chi connectivity index (χ3n) is 2.85. The second-order valence-corrected chi connectivity index (χ2v) is 3.79. The summed E-state index contributed by atoms with van der Waals surface area (Å²) in [7, 11) is 0. The smallest absolute Gasteiger partial charge is 0.255 e. The van der Waals surface area contributed by atoms with E-state index in [1.165, 1.54) is 0 Å². The number of amides is 1. The van der Waals surface area contributed by atoms with Gasteiger partial charge in [0.2, 0.25) is 5.91 Å². The fourth-order valence-corrected chi connectivity index (χ4v) is 1.93. The highest BCUT2D eigenvalue weighted by molar-refractivity contribution is 5.83. The number of nitrogens with one attached hydrogen (secondary N) is 1. The van der Waals surface area contributed by atoms with Gasteiger partial charge in [-0.3, -0.25) is 4.79 Å². The number of nitrogens with two attached hydrogens (primary N) is 1. The molecule has 0 aromatic carbocycles. The van der Waals surface area contributed by atoms with Crippen LogP contribution in [0.2, 0.25) is 0 Å². The average Bonchev–Trinajstić information content (AvgIpc) is 2.63. The summed E-state index contributed by atoms with van der Waals surface area (Å²) in [5.41, 5.74) is 4.95. The average molecular weight is 206 g/mol. The third kappa shape index (κ3) is 2.41. The van der Waals surface area contributed by atoms with Crippen LogP contribution in [0.3, 0.4) is 0 Å². The van der Waals surface area contributed by atoms with Gasteiger partial charge in [-0.15, -0.1) is 0 Å². The predicted molar refractivity (Wildman–Crippen MR) is 49.0 cm³/mol. The predicted octanol–water partition coefficient (Wildman–Crippen LogP) is 0.887. The summed E-state index contributed by atoms with van der Waals surface area (Å²) >= 11 is 0. The maximum absolute atomic E-state index is 11.9. The van der Waals surface area contributed by atoms with Crippen LogP contribution in [-0.4, -0.2) is 25.4 Å². The minimum atomic E-state index is -2.49. The monoisotopic (exact) mass is 206 g/mol. The molecule has 3 nitrogen and oxygen atoms in total. The lowest BCUT2D eigenvalue weighted by atomic mass is 9.85. The Bertz CT molecular complexity index is 203. The molecule has 1 amide bonds. The molecule has 0 aliphatic heterocycles.